The van der Waals surface area contributed by atoms with Gasteiger partial charge < -0.3 is 9.80 Å². The first-order valence-electron chi connectivity index (χ1n) is 8.05. The number of aromatic nitrogens is 2. The topological polar surface area (TPSA) is 49.3 Å². The van der Waals surface area contributed by atoms with Crippen molar-refractivity contribution >= 4 is 11.7 Å². The lowest BCUT2D eigenvalue weighted by Gasteiger charge is -2.23. The lowest BCUT2D eigenvalue weighted by Crippen LogP contribution is -2.35. The van der Waals surface area contributed by atoms with E-state index in [0.29, 0.717) is 6.54 Å². The summed E-state index contributed by atoms with van der Waals surface area (Å²) in [7, 11) is 0. The van der Waals surface area contributed by atoms with Crippen molar-refractivity contribution < 1.29 is 4.79 Å². The summed E-state index contributed by atoms with van der Waals surface area (Å²) in [5, 5.41) is 8.38. The summed E-state index contributed by atoms with van der Waals surface area (Å²) in [6, 6.07) is 11.8. The number of carbonyl (C=O) groups excluding carboxylic acids is 1. The highest BCUT2D eigenvalue weighted by Gasteiger charge is 2.21. The third-order valence-electron chi connectivity index (χ3n) is 4.27. The van der Waals surface area contributed by atoms with E-state index in [1.165, 1.54) is 0 Å². The zero-order chi connectivity index (χ0) is 16.2. The molecule has 1 aliphatic rings. The average Bonchev–Trinajstić information content (AvgIpc) is 2.81. The van der Waals surface area contributed by atoms with Gasteiger partial charge in [0, 0.05) is 31.7 Å². The maximum absolute atomic E-state index is 12.7. The highest BCUT2D eigenvalue weighted by atomic mass is 16.2. The number of hydrogen-bond acceptors (Lipinski definition) is 4. The Kier molecular flexibility index (Phi) is 4.55. The molecule has 120 valence electrons. The van der Waals surface area contributed by atoms with Crippen molar-refractivity contribution in [2.24, 2.45) is 0 Å². The van der Waals surface area contributed by atoms with E-state index in [0.717, 1.165) is 48.7 Å². The van der Waals surface area contributed by atoms with Gasteiger partial charge in [0.25, 0.3) is 5.91 Å². The molecule has 0 N–H and O–H groups in total. The summed E-state index contributed by atoms with van der Waals surface area (Å²) in [4.78, 5) is 16.9. The zero-order valence-electron chi connectivity index (χ0n) is 13.7. The van der Waals surface area contributed by atoms with Crippen LogP contribution >= 0.6 is 0 Å². The van der Waals surface area contributed by atoms with Gasteiger partial charge in [-0.05, 0) is 44.0 Å². The minimum absolute atomic E-state index is 0.125. The molecule has 0 aliphatic carbocycles. The Morgan fingerprint density at radius 2 is 1.78 bits per heavy atom. The van der Waals surface area contributed by atoms with Crippen LogP contribution in [0.5, 0.6) is 0 Å². The highest BCUT2D eigenvalue weighted by molar-refractivity contribution is 5.95. The molecule has 2 heterocycles. The zero-order valence-corrected chi connectivity index (χ0v) is 13.7. The van der Waals surface area contributed by atoms with Gasteiger partial charge in [0.05, 0.1) is 5.69 Å². The average molecular weight is 310 g/mol. The van der Waals surface area contributed by atoms with Crippen LogP contribution in [-0.2, 0) is 0 Å². The van der Waals surface area contributed by atoms with Gasteiger partial charge >= 0.3 is 0 Å². The maximum atomic E-state index is 12.7. The van der Waals surface area contributed by atoms with Crippen LogP contribution in [0.25, 0.3) is 0 Å². The Morgan fingerprint density at radius 1 is 0.957 bits per heavy atom. The molecular weight excluding hydrogens is 288 g/mol. The van der Waals surface area contributed by atoms with E-state index in [1.807, 2.05) is 55.1 Å². The molecule has 1 saturated heterocycles. The summed E-state index contributed by atoms with van der Waals surface area (Å²) < 4.78 is 0. The standard InChI is InChI=1S/C18H22N4O/c1-14-6-3-4-7-16(14)18(23)22-11-5-10-21(12-13-22)17-9-8-15(2)19-20-17/h3-4,6-9H,5,10-13H2,1-2H3. The number of amides is 1. The predicted molar refractivity (Wildman–Crippen MR) is 90.7 cm³/mol. The predicted octanol–water partition coefficient (Wildman–Crippen LogP) is 2.45. The summed E-state index contributed by atoms with van der Waals surface area (Å²) in [6.07, 6.45) is 0.938. The molecule has 1 aromatic heterocycles. The molecule has 1 aromatic carbocycles. The fraction of sp³-hybridized carbons (Fsp3) is 0.389. The van der Waals surface area contributed by atoms with Crippen LogP contribution in [-0.4, -0.2) is 47.2 Å². The quantitative estimate of drug-likeness (QED) is 0.855. The van der Waals surface area contributed by atoms with Crippen LogP contribution < -0.4 is 4.90 Å². The molecule has 2 aromatic rings. The molecule has 0 saturated carbocycles. The van der Waals surface area contributed by atoms with E-state index in [4.69, 9.17) is 0 Å². The van der Waals surface area contributed by atoms with Crippen LogP contribution in [0.2, 0.25) is 0 Å². The van der Waals surface area contributed by atoms with Crippen LogP contribution in [0.4, 0.5) is 5.82 Å². The SMILES string of the molecule is Cc1ccc(N2CCCN(C(=O)c3ccccc3C)CC2)nn1. The lowest BCUT2D eigenvalue weighted by molar-refractivity contribution is 0.0766. The Labute approximate surface area is 136 Å². The first-order valence-corrected chi connectivity index (χ1v) is 8.05. The van der Waals surface area contributed by atoms with Gasteiger partial charge in [-0.15, -0.1) is 5.10 Å². The number of anilines is 1. The minimum Gasteiger partial charge on any atom is -0.353 e. The van der Waals surface area contributed by atoms with E-state index in [-0.39, 0.29) is 5.91 Å². The van der Waals surface area contributed by atoms with Crippen LogP contribution in [0.1, 0.15) is 28.0 Å². The van der Waals surface area contributed by atoms with Crippen molar-refractivity contribution in [3.8, 4) is 0 Å². The van der Waals surface area contributed by atoms with E-state index in [2.05, 4.69) is 15.1 Å². The van der Waals surface area contributed by atoms with Crippen LogP contribution in [0.3, 0.4) is 0 Å². The lowest BCUT2D eigenvalue weighted by atomic mass is 10.1. The summed E-state index contributed by atoms with van der Waals surface area (Å²) in [5.74, 6) is 1.01. The first kappa shape index (κ1) is 15.5. The highest BCUT2D eigenvalue weighted by Crippen LogP contribution is 2.16. The van der Waals surface area contributed by atoms with Crippen molar-refractivity contribution in [2.75, 3.05) is 31.1 Å². The number of rotatable bonds is 2. The molecule has 5 nitrogen and oxygen atoms in total. The molecule has 1 aliphatic heterocycles. The maximum Gasteiger partial charge on any atom is 0.254 e. The fourth-order valence-electron chi connectivity index (χ4n) is 2.89. The van der Waals surface area contributed by atoms with E-state index in [1.54, 1.807) is 0 Å². The molecule has 0 bridgehead atoms. The molecule has 1 amide bonds. The van der Waals surface area contributed by atoms with E-state index in [9.17, 15) is 4.79 Å². The largest absolute Gasteiger partial charge is 0.353 e. The second-order valence-electron chi connectivity index (χ2n) is 5.98. The number of carbonyl (C=O) groups is 1. The fourth-order valence-corrected chi connectivity index (χ4v) is 2.89. The Bertz CT molecular complexity index is 684. The minimum atomic E-state index is 0.125. The van der Waals surface area contributed by atoms with Gasteiger partial charge in [0.15, 0.2) is 5.82 Å². The second-order valence-corrected chi connectivity index (χ2v) is 5.98. The number of nitrogens with zero attached hydrogens (tertiary/aromatic N) is 4. The molecule has 23 heavy (non-hydrogen) atoms. The van der Waals surface area contributed by atoms with Gasteiger partial charge in [-0.25, -0.2) is 0 Å². The van der Waals surface area contributed by atoms with Gasteiger partial charge in [0.2, 0.25) is 0 Å². The van der Waals surface area contributed by atoms with Crippen molar-refractivity contribution in [2.45, 2.75) is 20.3 Å². The molecule has 0 radical (unpaired) electrons. The van der Waals surface area contributed by atoms with Crippen molar-refractivity contribution in [3.63, 3.8) is 0 Å². The molecule has 0 spiro atoms. The molecule has 0 unspecified atom stereocenters. The van der Waals surface area contributed by atoms with Gasteiger partial charge in [0.1, 0.15) is 0 Å². The summed E-state index contributed by atoms with van der Waals surface area (Å²) >= 11 is 0. The Morgan fingerprint density at radius 3 is 2.52 bits per heavy atom. The summed E-state index contributed by atoms with van der Waals surface area (Å²) in [6.45, 7) is 7.09. The number of benzene rings is 1. The monoisotopic (exact) mass is 310 g/mol. The second kappa shape index (κ2) is 6.77. The Hall–Kier alpha value is -2.43. The smallest absolute Gasteiger partial charge is 0.254 e. The van der Waals surface area contributed by atoms with Gasteiger partial charge in [-0.1, -0.05) is 18.2 Å². The molecule has 1 fully saturated rings. The van der Waals surface area contributed by atoms with E-state index >= 15 is 0 Å². The van der Waals surface area contributed by atoms with Crippen LogP contribution in [0.15, 0.2) is 36.4 Å². The van der Waals surface area contributed by atoms with E-state index < -0.39 is 0 Å². The van der Waals surface area contributed by atoms with Gasteiger partial charge in [-0.2, -0.15) is 5.10 Å². The van der Waals surface area contributed by atoms with Crippen molar-refractivity contribution in [1.29, 1.82) is 0 Å². The molecular formula is C18H22N4O. The molecule has 3 rings (SSSR count). The first-order chi connectivity index (χ1) is 11.1. The number of hydrogen-bond donors (Lipinski definition) is 0. The van der Waals surface area contributed by atoms with Crippen LogP contribution in [0, 0.1) is 13.8 Å². The molecule has 0 atom stereocenters. The normalized spacial score (nSPS) is 15.4. The summed E-state index contributed by atoms with van der Waals surface area (Å²) in [5.41, 5.74) is 2.75. The van der Waals surface area contributed by atoms with Gasteiger partial charge in [-0.3, -0.25) is 4.79 Å². The third kappa shape index (κ3) is 3.50. The molecule has 5 heteroatoms. The Balaban J connectivity index is 1.70. The van der Waals surface area contributed by atoms with Crippen molar-refractivity contribution in [1.82, 2.24) is 15.1 Å². The third-order valence-corrected chi connectivity index (χ3v) is 4.27. The number of aryl methyl sites for hydroxylation is 2. The van der Waals surface area contributed by atoms with Crippen molar-refractivity contribution in [3.05, 3.63) is 53.2 Å².